The van der Waals surface area contributed by atoms with Crippen LogP contribution in [0.3, 0.4) is 0 Å². The number of ether oxygens (including phenoxy) is 4. The maximum atomic E-state index is 16.7. The van der Waals surface area contributed by atoms with Crippen molar-refractivity contribution in [1.29, 1.82) is 0 Å². The summed E-state index contributed by atoms with van der Waals surface area (Å²) in [6.45, 7) is 2.65. The SMILES string of the molecule is C#Cc1c(F)ccc2cc(OC(=O)OC(COC)COC(=O)CCCCCCCCCCC)cc(-c3ncc4c(N5CC6CCC(C5)N6C=O)nc(=O)[nH]c4c3F)c12. The summed E-state index contributed by atoms with van der Waals surface area (Å²) in [5.41, 5.74) is -1.52. The van der Waals surface area contributed by atoms with Crippen LogP contribution in [0.2, 0.25) is 0 Å². The first kappa shape index (κ1) is 42.0. The van der Waals surface area contributed by atoms with Gasteiger partial charge in [-0.2, -0.15) is 4.98 Å². The van der Waals surface area contributed by atoms with Gasteiger partial charge in [0.25, 0.3) is 0 Å². The number of benzene rings is 2. The monoisotopic (exact) mass is 801 g/mol. The number of anilines is 1. The Labute approximate surface area is 335 Å². The van der Waals surface area contributed by atoms with E-state index in [-0.39, 0.29) is 76.4 Å². The van der Waals surface area contributed by atoms with Gasteiger partial charge in [-0.05, 0) is 42.8 Å². The second-order valence-electron chi connectivity index (χ2n) is 14.9. The van der Waals surface area contributed by atoms with Gasteiger partial charge in [0.05, 0.1) is 23.1 Å². The molecule has 1 amide bonds. The molecule has 4 aromatic rings. The number of carbonyl (C=O) groups is 3. The molecular weight excluding hydrogens is 752 g/mol. The molecule has 2 aliphatic rings. The Morgan fingerprint density at radius 3 is 2.41 bits per heavy atom. The number of amides is 1. The number of H-pyrrole nitrogens is 1. The van der Waals surface area contributed by atoms with Crippen LogP contribution in [0.25, 0.3) is 32.9 Å². The van der Waals surface area contributed by atoms with E-state index in [4.69, 9.17) is 25.4 Å². The highest BCUT2D eigenvalue weighted by Crippen LogP contribution is 2.39. The van der Waals surface area contributed by atoms with Gasteiger partial charge in [-0.1, -0.05) is 70.3 Å². The number of nitrogens with zero attached hydrogens (tertiary/aromatic N) is 4. The molecule has 3 unspecified atom stereocenters. The van der Waals surface area contributed by atoms with E-state index in [1.165, 1.54) is 63.6 Å². The third-order valence-electron chi connectivity index (χ3n) is 10.8. The lowest BCUT2D eigenvalue weighted by atomic mass is 9.95. The van der Waals surface area contributed by atoms with Crippen molar-refractivity contribution in [2.24, 2.45) is 0 Å². The molecule has 2 aliphatic heterocycles. The second kappa shape index (κ2) is 19.7. The summed E-state index contributed by atoms with van der Waals surface area (Å²) in [4.78, 5) is 64.8. The normalized spacial score (nSPS) is 16.7. The number of carbonyl (C=O) groups excluding carboxylic acids is 3. The number of aromatic nitrogens is 3. The third-order valence-corrected chi connectivity index (χ3v) is 10.8. The number of rotatable bonds is 19. The molecule has 2 aromatic carbocycles. The minimum absolute atomic E-state index is 0.0251. The Kier molecular flexibility index (Phi) is 14.3. The summed E-state index contributed by atoms with van der Waals surface area (Å²) in [6.07, 6.45) is 17.6. The molecule has 13 nitrogen and oxygen atoms in total. The Morgan fingerprint density at radius 1 is 1.03 bits per heavy atom. The van der Waals surface area contributed by atoms with Crippen molar-refractivity contribution in [1.82, 2.24) is 19.9 Å². The van der Waals surface area contributed by atoms with E-state index in [0.717, 1.165) is 44.6 Å². The third kappa shape index (κ3) is 9.73. The van der Waals surface area contributed by atoms with E-state index < -0.39 is 35.6 Å². The van der Waals surface area contributed by atoms with Crippen LogP contribution in [0.5, 0.6) is 5.75 Å². The lowest BCUT2D eigenvalue weighted by Gasteiger charge is -2.39. The fraction of sp³-hybridized carbons (Fsp3) is 0.488. The first-order valence-corrected chi connectivity index (χ1v) is 20.0. The van der Waals surface area contributed by atoms with E-state index >= 15 is 8.78 Å². The summed E-state index contributed by atoms with van der Waals surface area (Å²) in [6, 6.07) is 5.07. The van der Waals surface area contributed by atoms with Gasteiger partial charge >= 0.3 is 17.8 Å². The van der Waals surface area contributed by atoms with E-state index in [1.807, 2.05) is 4.90 Å². The zero-order chi connectivity index (χ0) is 41.2. The summed E-state index contributed by atoms with van der Waals surface area (Å²) in [5, 5.41) is 0.632. The predicted molar refractivity (Wildman–Crippen MR) is 213 cm³/mol. The standard InChI is InChI=1S/C43H49F2N5O8/c1-4-6-7-8-9-10-11-12-13-14-36(52)56-25-31(24-55-3)58-43(54)57-30-19-27-15-18-35(44)32(5-2)37(27)33(20-30)39-38(45)40-34(21-46-39)41(48-42(53)47-40)49-22-28-16-17-29(23-49)50(28)26-51/h2,15,18-21,26,28-29,31H,4,6-14,16-17,22-25H2,1,3H3,(H,47,48,53). The van der Waals surface area contributed by atoms with Gasteiger partial charge in [0.1, 0.15) is 29.7 Å². The van der Waals surface area contributed by atoms with Crippen LogP contribution < -0.4 is 15.3 Å². The summed E-state index contributed by atoms with van der Waals surface area (Å²) < 4.78 is 53.4. The van der Waals surface area contributed by atoms with Gasteiger partial charge in [-0.3, -0.25) is 14.6 Å². The number of esters is 1. The molecule has 2 saturated heterocycles. The number of pyridine rings is 1. The molecule has 3 atom stereocenters. The molecule has 0 spiro atoms. The van der Waals surface area contributed by atoms with Crippen LogP contribution in [0.1, 0.15) is 89.5 Å². The van der Waals surface area contributed by atoms with Gasteiger partial charge in [0, 0.05) is 55.9 Å². The quantitative estimate of drug-likeness (QED) is 0.0337. The van der Waals surface area contributed by atoms with Gasteiger partial charge < -0.3 is 33.7 Å². The van der Waals surface area contributed by atoms with Crippen molar-refractivity contribution < 1.29 is 42.1 Å². The molecule has 0 radical (unpaired) electrons. The molecule has 2 fully saturated rings. The van der Waals surface area contributed by atoms with E-state index in [9.17, 15) is 19.2 Å². The van der Waals surface area contributed by atoms with Crippen molar-refractivity contribution in [3.8, 4) is 29.4 Å². The lowest BCUT2D eigenvalue weighted by Crippen LogP contribution is -2.53. The number of hydrogen-bond acceptors (Lipinski definition) is 11. The highest BCUT2D eigenvalue weighted by Gasteiger charge is 2.40. The Morgan fingerprint density at radius 2 is 1.74 bits per heavy atom. The smallest absolute Gasteiger partial charge is 0.462 e. The van der Waals surface area contributed by atoms with Crippen molar-refractivity contribution in [3.05, 3.63) is 58.1 Å². The van der Waals surface area contributed by atoms with Crippen LogP contribution in [0.4, 0.5) is 19.4 Å². The summed E-state index contributed by atoms with van der Waals surface area (Å²) in [5.74, 6) is 0.313. The molecule has 0 saturated carbocycles. The van der Waals surface area contributed by atoms with Gasteiger partial charge in [0.15, 0.2) is 11.9 Å². The molecule has 2 bridgehead atoms. The maximum Gasteiger partial charge on any atom is 0.514 e. The molecule has 6 rings (SSSR count). The number of terminal acetylenes is 1. The number of hydrogen-bond donors (Lipinski definition) is 1. The Balaban J connectivity index is 1.19. The first-order chi connectivity index (χ1) is 28.1. The average Bonchev–Trinajstić information content (AvgIpc) is 3.46. The zero-order valence-electron chi connectivity index (χ0n) is 32.9. The van der Waals surface area contributed by atoms with Crippen LogP contribution in [0.15, 0.2) is 35.3 Å². The molecule has 1 N–H and O–H groups in total. The molecule has 0 aliphatic carbocycles. The molecule has 58 heavy (non-hydrogen) atoms. The van der Waals surface area contributed by atoms with Crippen molar-refractivity contribution in [3.63, 3.8) is 0 Å². The van der Waals surface area contributed by atoms with Gasteiger partial charge in [-0.25, -0.2) is 18.4 Å². The first-order valence-electron chi connectivity index (χ1n) is 20.0. The zero-order valence-corrected chi connectivity index (χ0v) is 32.9. The fourth-order valence-corrected chi connectivity index (χ4v) is 7.98. The highest BCUT2D eigenvalue weighted by molar-refractivity contribution is 6.03. The minimum atomic E-state index is -1.17. The maximum absolute atomic E-state index is 16.7. The van der Waals surface area contributed by atoms with Gasteiger partial charge in [-0.15, -0.1) is 6.42 Å². The largest absolute Gasteiger partial charge is 0.514 e. The number of nitrogens with one attached hydrogen (secondary N) is 1. The summed E-state index contributed by atoms with van der Waals surface area (Å²) >= 11 is 0. The molecule has 4 heterocycles. The van der Waals surface area contributed by atoms with Crippen molar-refractivity contribution in [2.75, 3.05) is 38.3 Å². The number of halogens is 2. The Bertz CT molecular complexity index is 2210. The van der Waals surface area contributed by atoms with Crippen LogP contribution >= 0.6 is 0 Å². The fourth-order valence-electron chi connectivity index (χ4n) is 7.98. The number of fused-ring (bicyclic) bond motifs is 4. The van der Waals surface area contributed by atoms with Crippen LogP contribution in [-0.2, 0) is 23.8 Å². The molecule has 308 valence electrons. The van der Waals surface area contributed by atoms with Crippen molar-refractivity contribution >= 4 is 46.0 Å². The van der Waals surface area contributed by atoms with E-state index in [0.29, 0.717) is 24.9 Å². The predicted octanol–water partition coefficient (Wildman–Crippen LogP) is 7.20. The van der Waals surface area contributed by atoms with Gasteiger partial charge in [0.2, 0.25) is 6.41 Å². The molecular formula is C43H49F2N5O8. The number of piperazine rings is 1. The average molecular weight is 802 g/mol. The van der Waals surface area contributed by atoms with E-state index in [2.05, 4.69) is 27.8 Å². The topological polar surface area (TPSA) is 153 Å². The van der Waals surface area contributed by atoms with E-state index in [1.54, 1.807) is 4.90 Å². The second-order valence-corrected chi connectivity index (χ2v) is 14.9. The Hall–Kier alpha value is -5.62. The van der Waals surface area contributed by atoms with Crippen molar-refractivity contribution in [2.45, 2.75) is 102 Å². The number of aromatic amines is 1. The molecule has 15 heteroatoms. The lowest BCUT2D eigenvalue weighted by molar-refractivity contribution is -0.148. The van der Waals surface area contributed by atoms with Crippen LogP contribution in [-0.4, -0.2) is 90.0 Å². The molecule has 2 aromatic heterocycles. The number of unbranched alkanes of at least 4 members (excludes halogenated alkanes) is 8. The highest BCUT2D eigenvalue weighted by atomic mass is 19.1. The summed E-state index contributed by atoms with van der Waals surface area (Å²) in [7, 11) is 1.40. The van der Waals surface area contributed by atoms with Crippen LogP contribution in [0, 0.1) is 24.0 Å². The number of methoxy groups -OCH3 is 1. The minimum Gasteiger partial charge on any atom is -0.462 e.